The van der Waals surface area contributed by atoms with Gasteiger partial charge >= 0.3 is 0 Å². The van der Waals surface area contributed by atoms with Crippen molar-refractivity contribution in [3.8, 4) is 0 Å². The molecule has 0 spiro atoms. The third kappa shape index (κ3) is 3.75. The van der Waals surface area contributed by atoms with Gasteiger partial charge in [0.25, 0.3) is 5.91 Å². The Labute approximate surface area is 164 Å². The molecule has 6 nitrogen and oxygen atoms in total. The largest absolute Gasteiger partial charge is 0.339 e. The molecule has 1 aromatic heterocycles. The molecule has 0 bridgehead atoms. The van der Waals surface area contributed by atoms with Crippen molar-refractivity contribution in [2.24, 2.45) is 0 Å². The first-order chi connectivity index (χ1) is 12.3. The molecule has 8 heteroatoms. The molecule has 2 aliphatic rings. The van der Waals surface area contributed by atoms with Crippen molar-refractivity contribution in [3.05, 3.63) is 41.5 Å². The molecule has 1 aromatic carbocycles. The molecule has 0 unspecified atom stereocenters. The molecule has 0 radical (unpaired) electrons. The van der Waals surface area contributed by atoms with Crippen LogP contribution in [0, 0.1) is 0 Å². The first-order valence-corrected chi connectivity index (χ1v) is 10.0. The fraction of sp³-hybridized carbons (Fsp3) is 0.500. The van der Waals surface area contributed by atoms with Crippen LogP contribution in [0.1, 0.15) is 40.8 Å². The Kier molecular flexibility index (Phi) is 6.21. The molecule has 2 aliphatic heterocycles. The average molecular weight is 394 g/mol. The highest BCUT2D eigenvalue weighted by Gasteiger charge is 2.29. The van der Waals surface area contributed by atoms with E-state index in [1.165, 1.54) is 4.90 Å². The van der Waals surface area contributed by atoms with E-state index >= 15 is 0 Å². The summed E-state index contributed by atoms with van der Waals surface area (Å²) in [4.78, 5) is 15.9. The van der Waals surface area contributed by atoms with Crippen LogP contribution < -0.4 is 5.32 Å². The Bertz CT molecular complexity index is 755. The minimum atomic E-state index is 0. The highest BCUT2D eigenvalue weighted by molar-refractivity contribution is 7.98. The van der Waals surface area contributed by atoms with E-state index in [2.05, 4.69) is 20.1 Å². The van der Waals surface area contributed by atoms with Crippen LogP contribution in [0.25, 0.3) is 0 Å². The van der Waals surface area contributed by atoms with Gasteiger partial charge in [0.1, 0.15) is 11.6 Å². The van der Waals surface area contributed by atoms with E-state index in [9.17, 15) is 4.79 Å². The number of carbonyl (C=O) groups is 1. The van der Waals surface area contributed by atoms with E-state index in [0.29, 0.717) is 5.92 Å². The molecule has 1 N–H and O–H groups in total. The van der Waals surface area contributed by atoms with Crippen molar-refractivity contribution < 1.29 is 4.79 Å². The Hall–Kier alpha value is -1.57. The second-order valence-corrected chi connectivity index (χ2v) is 7.48. The summed E-state index contributed by atoms with van der Waals surface area (Å²) < 4.78 is 2.26. The Balaban J connectivity index is 0.00000196. The van der Waals surface area contributed by atoms with Crippen LogP contribution in [0.2, 0.25) is 0 Å². The van der Waals surface area contributed by atoms with Gasteiger partial charge in [-0.05, 0) is 43.4 Å². The molecule has 26 heavy (non-hydrogen) atoms. The smallest absolute Gasteiger partial charge is 0.253 e. The zero-order chi connectivity index (χ0) is 17.2. The number of thioether (sulfide) groups is 1. The summed E-state index contributed by atoms with van der Waals surface area (Å²) in [5, 5.41) is 12.1. The van der Waals surface area contributed by atoms with E-state index < -0.39 is 0 Å². The number of rotatable bonds is 3. The molecule has 0 saturated carbocycles. The van der Waals surface area contributed by atoms with Gasteiger partial charge in [-0.1, -0.05) is 0 Å². The van der Waals surface area contributed by atoms with Crippen molar-refractivity contribution in [3.63, 3.8) is 0 Å². The first-order valence-electron chi connectivity index (χ1n) is 8.82. The molecular formula is C18H24ClN5OS. The predicted molar refractivity (Wildman–Crippen MR) is 105 cm³/mol. The summed E-state index contributed by atoms with van der Waals surface area (Å²) in [6, 6.07) is 7.90. The lowest BCUT2D eigenvalue weighted by Crippen LogP contribution is -2.38. The van der Waals surface area contributed by atoms with Crippen LogP contribution in [0.3, 0.4) is 0 Å². The molecule has 3 heterocycles. The lowest BCUT2D eigenvalue weighted by atomic mass is 9.95. The molecule has 0 aliphatic carbocycles. The van der Waals surface area contributed by atoms with Gasteiger partial charge < -0.3 is 14.8 Å². The third-order valence-electron chi connectivity index (χ3n) is 5.14. The highest BCUT2D eigenvalue weighted by atomic mass is 35.5. The summed E-state index contributed by atoms with van der Waals surface area (Å²) in [6.07, 6.45) is 3.96. The number of halogens is 1. The lowest BCUT2D eigenvalue weighted by Gasteiger charge is -2.32. The number of carbonyl (C=O) groups excluding carboxylic acids is 1. The summed E-state index contributed by atoms with van der Waals surface area (Å²) >= 11 is 1.69. The number of nitrogens with one attached hydrogen (secondary N) is 1. The van der Waals surface area contributed by atoms with Crippen molar-refractivity contribution in [2.75, 3.05) is 25.9 Å². The van der Waals surface area contributed by atoms with Crippen LogP contribution in [0.5, 0.6) is 0 Å². The van der Waals surface area contributed by atoms with E-state index in [-0.39, 0.29) is 18.3 Å². The topological polar surface area (TPSA) is 63.1 Å². The summed E-state index contributed by atoms with van der Waals surface area (Å²) in [6.45, 7) is 4.29. The third-order valence-corrected chi connectivity index (χ3v) is 5.88. The van der Waals surface area contributed by atoms with Crippen molar-refractivity contribution in [2.45, 2.75) is 36.7 Å². The van der Waals surface area contributed by atoms with Crippen molar-refractivity contribution >= 4 is 30.1 Å². The Morgan fingerprint density at radius 1 is 1.15 bits per heavy atom. The Morgan fingerprint density at radius 3 is 2.58 bits per heavy atom. The van der Waals surface area contributed by atoms with Crippen LogP contribution in [0.4, 0.5) is 0 Å². The van der Waals surface area contributed by atoms with E-state index in [4.69, 9.17) is 0 Å². The van der Waals surface area contributed by atoms with E-state index in [1.54, 1.807) is 11.8 Å². The van der Waals surface area contributed by atoms with Gasteiger partial charge in [-0.2, -0.15) is 0 Å². The normalized spacial score (nSPS) is 17.5. The quantitative estimate of drug-likeness (QED) is 0.812. The molecule has 140 valence electrons. The van der Waals surface area contributed by atoms with Gasteiger partial charge in [0, 0.05) is 42.6 Å². The summed E-state index contributed by atoms with van der Waals surface area (Å²) in [5.41, 5.74) is 0.780. The molecular weight excluding hydrogens is 370 g/mol. The standard InChI is InChI=1S/C18H23N5OS.ClH/c1-25-15-4-2-14(3-5-15)18(24)22-9-6-13(7-10-22)17-21-20-16-12-19-8-11-23(16)17;/h2-5,13,19H,6-12H2,1H3;1H. The maximum absolute atomic E-state index is 12.7. The number of aromatic nitrogens is 3. The predicted octanol–water partition coefficient (Wildman–Crippen LogP) is 2.54. The fourth-order valence-electron chi connectivity index (χ4n) is 3.67. The summed E-state index contributed by atoms with van der Waals surface area (Å²) in [5.74, 6) is 2.68. The SMILES string of the molecule is CSc1ccc(C(=O)N2CCC(c3nnc4n3CCNC4)CC2)cc1.Cl. The second kappa shape index (κ2) is 8.41. The minimum Gasteiger partial charge on any atom is -0.339 e. The van der Waals surface area contributed by atoms with Gasteiger partial charge in [0.2, 0.25) is 0 Å². The number of hydrogen-bond acceptors (Lipinski definition) is 5. The maximum Gasteiger partial charge on any atom is 0.253 e. The maximum atomic E-state index is 12.7. The monoisotopic (exact) mass is 393 g/mol. The van der Waals surface area contributed by atoms with Gasteiger partial charge in [-0.15, -0.1) is 34.4 Å². The highest BCUT2D eigenvalue weighted by Crippen LogP contribution is 2.28. The number of hydrogen-bond donors (Lipinski definition) is 1. The molecule has 1 fully saturated rings. The minimum absolute atomic E-state index is 0. The Morgan fingerprint density at radius 2 is 1.88 bits per heavy atom. The number of amides is 1. The average Bonchev–Trinajstić information content (AvgIpc) is 3.12. The molecule has 4 rings (SSSR count). The number of likely N-dealkylation sites (tertiary alicyclic amines) is 1. The first kappa shape index (κ1) is 19.2. The molecule has 1 saturated heterocycles. The second-order valence-electron chi connectivity index (χ2n) is 6.60. The van der Waals surface area contributed by atoms with E-state index in [0.717, 1.165) is 62.8 Å². The number of fused-ring (bicyclic) bond motifs is 1. The van der Waals surface area contributed by atoms with Crippen molar-refractivity contribution in [1.82, 2.24) is 25.0 Å². The van der Waals surface area contributed by atoms with E-state index in [1.807, 2.05) is 35.4 Å². The van der Waals surface area contributed by atoms with Gasteiger partial charge in [-0.3, -0.25) is 4.79 Å². The zero-order valence-electron chi connectivity index (χ0n) is 14.9. The van der Waals surface area contributed by atoms with Gasteiger partial charge in [0.15, 0.2) is 0 Å². The number of benzene rings is 1. The fourth-order valence-corrected chi connectivity index (χ4v) is 4.08. The van der Waals surface area contributed by atoms with Crippen LogP contribution in [-0.4, -0.2) is 51.5 Å². The number of piperidine rings is 1. The number of nitrogens with zero attached hydrogens (tertiary/aromatic N) is 4. The molecule has 0 atom stereocenters. The lowest BCUT2D eigenvalue weighted by molar-refractivity contribution is 0.0710. The summed E-state index contributed by atoms with van der Waals surface area (Å²) in [7, 11) is 0. The van der Waals surface area contributed by atoms with Crippen molar-refractivity contribution in [1.29, 1.82) is 0 Å². The zero-order valence-corrected chi connectivity index (χ0v) is 16.5. The molecule has 2 aromatic rings. The van der Waals surface area contributed by atoms with Crippen LogP contribution in [-0.2, 0) is 13.1 Å². The van der Waals surface area contributed by atoms with Gasteiger partial charge in [-0.25, -0.2) is 0 Å². The van der Waals surface area contributed by atoms with Gasteiger partial charge in [0.05, 0.1) is 6.54 Å². The van der Waals surface area contributed by atoms with Crippen LogP contribution >= 0.6 is 24.2 Å². The molecule has 1 amide bonds. The van der Waals surface area contributed by atoms with Crippen LogP contribution in [0.15, 0.2) is 29.2 Å².